The molecule has 1 aliphatic heterocycles. The topological polar surface area (TPSA) is 121 Å². The number of methoxy groups -OCH3 is 1. The highest BCUT2D eigenvalue weighted by atomic mass is 19.1. The first-order valence-corrected chi connectivity index (χ1v) is 10.8. The maximum atomic E-state index is 13.2. The standard InChI is InChI=1S/C26H21FN4O5/c1-36-20-7-4-17-13-31(25(34)22(17)11-20)14-19(30-26(35)29-15-32)6-2-16-3-9-23(28-12-16)21-8-5-18(27)10-24(21)33/h3-5,7-12,15,19,33H,13-14H2,1H3,(H2,29,30,32,35)/t19-/m1/s1. The van der Waals surface area contributed by atoms with Crippen molar-refractivity contribution in [3.63, 3.8) is 0 Å². The molecule has 0 fully saturated rings. The number of carbonyl (C=O) groups is 3. The molecule has 2 aromatic carbocycles. The van der Waals surface area contributed by atoms with E-state index in [0.717, 1.165) is 11.6 Å². The van der Waals surface area contributed by atoms with Crippen molar-refractivity contribution in [2.75, 3.05) is 13.7 Å². The lowest BCUT2D eigenvalue weighted by Crippen LogP contribution is -2.46. The van der Waals surface area contributed by atoms with Gasteiger partial charge in [-0.15, -0.1) is 0 Å². The zero-order valence-electron chi connectivity index (χ0n) is 19.1. The molecule has 3 aromatic rings. The molecular formula is C26H21FN4O5. The molecular weight excluding hydrogens is 467 g/mol. The first-order chi connectivity index (χ1) is 17.4. The normalized spacial score (nSPS) is 12.7. The molecule has 10 heteroatoms. The number of benzene rings is 2. The Kier molecular flexibility index (Phi) is 7.11. The van der Waals surface area contributed by atoms with E-state index in [-0.39, 0.29) is 24.6 Å². The van der Waals surface area contributed by atoms with Gasteiger partial charge < -0.3 is 20.1 Å². The zero-order chi connectivity index (χ0) is 25.7. The Bertz CT molecular complexity index is 1380. The fourth-order valence-corrected chi connectivity index (χ4v) is 3.73. The molecule has 0 saturated carbocycles. The van der Waals surface area contributed by atoms with Crippen LogP contribution >= 0.6 is 0 Å². The Morgan fingerprint density at radius 3 is 2.78 bits per heavy atom. The molecule has 0 aliphatic carbocycles. The van der Waals surface area contributed by atoms with Gasteiger partial charge in [-0.1, -0.05) is 17.9 Å². The van der Waals surface area contributed by atoms with Gasteiger partial charge in [0.15, 0.2) is 0 Å². The fourth-order valence-electron chi connectivity index (χ4n) is 3.73. The minimum atomic E-state index is -0.800. The highest BCUT2D eigenvalue weighted by Gasteiger charge is 2.29. The zero-order valence-corrected chi connectivity index (χ0v) is 19.1. The monoisotopic (exact) mass is 488 g/mol. The Morgan fingerprint density at radius 1 is 1.25 bits per heavy atom. The highest BCUT2D eigenvalue weighted by molar-refractivity contribution is 5.98. The number of hydrogen-bond acceptors (Lipinski definition) is 6. The number of carbonyl (C=O) groups excluding carboxylic acids is 3. The van der Waals surface area contributed by atoms with Gasteiger partial charge in [-0.2, -0.15) is 0 Å². The first-order valence-electron chi connectivity index (χ1n) is 10.8. The van der Waals surface area contributed by atoms with Gasteiger partial charge in [0.1, 0.15) is 23.4 Å². The second-order valence-corrected chi connectivity index (χ2v) is 7.86. The van der Waals surface area contributed by atoms with Gasteiger partial charge in [-0.05, 0) is 42.0 Å². The minimum Gasteiger partial charge on any atom is -0.507 e. The quantitative estimate of drug-likeness (QED) is 0.362. The minimum absolute atomic E-state index is 0.0735. The van der Waals surface area contributed by atoms with E-state index in [0.29, 0.717) is 34.7 Å². The molecule has 4 rings (SSSR count). The number of pyridine rings is 1. The molecule has 3 N–H and O–H groups in total. The number of nitrogens with zero attached hydrogens (tertiary/aromatic N) is 2. The van der Waals surface area contributed by atoms with Crippen molar-refractivity contribution in [3.8, 4) is 34.6 Å². The van der Waals surface area contributed by atoms with Crippen LogP contribution in [-0.4, -0.2) is 53.0 Å². The molecule has 9 nitrogen and oxygen atoms in total. The van der Waals surface area contributed by atoms with E-state index in [9.17, 15) is 23.9 Å². The lowest BCUT2D eigenvalue weighted by atomic mass is 10.1. The number of halogens is 1. The number of rotatable bonds is 6. The summed E-state index contributed by atoms with van der Waals surface area (Å²) in [6.45, 7) is 0.412. The number of hydrogen-bond donors (Lipinski definition) is 3. The molecule has 1 aromatic heterocycles. The summed E-state index contributed by atoms with van der Waals surface area (Å²) in [6.07, 6.45) is 1.72. The van der Waals surface area contributed by atoms with E-state index >= 15 is 0 Å². The average Bonchev–Trinajstić information content (AvgIpc) is 3.17. The summed E-state index contributed by atoms with van der Waals surface area (Å²) >= 11 is 0. The molecule has 0 saturated heterocycles. The number of urea groups is 1. The number of aromatic hydroxyl groups is 1. The van der Waals surface area contributed by atoms with E-state index in [1.165, 1.54) is 25.4 Å². The Morgan fingerprint density at radius 2 is 2.08 bits per heavy atom. The van der Waals surface area contributed by atoms with Gasteiger partial charge in [-0.3, -0.25) is 19.9 Å². The average molecular weight is 488 g/mol. The van der Waals surface area contributed by atoms with Crippen LogP contribution in [0.15, 0.2) is 54.7 Å². The number of nitrogens with one attached hydrogen (secondary N) is 2. The van der Waals surface area contributed by atoms with E-state index in [1.807, 2.05) is 11.4 Å². The highest BCUT2D eigenvalue weighted by Crippen LogP contribution is 2.28. The maximum Gasteiger partial charge on any atom is 0.322 e. The summed E-state index contributed by atoms with van der Waals surface area (Å²) in [6, 6.07) is 10.6. The summed E-state index contributed by atoms with van der Waals surface area (Å²) in [5.74, 6) is 5.35. The van der Waals surface area contributed by atoms with Crippen LogP contribution in [0.1, 0.15) is 21.5 Å². The first kappa shape index (κ1) is 24.2. The number of amides is 4. The van der Waals surface area contributed by atoms with Crippen LogP contribution in [0.25, 0.3) is 11.3 Å². The van der Waals surface area contributed by atoms with Crippen LogP contribution in [0, 0.1) is 17.7 Å². The van der Waals surface area contributed by atoms with Gasteiger partial charge in [0.2, 0.25) is 6.41 Å². The number of phenols is 1. The predicted octanol–water partition coefficient (Wildman–Crippen LogP) is 2.43. The lowest BCUT2D eigenvalue weighted by molar-refractivity contribution is -0.108. The molecule has 0 spiro atoms. The second-order valence-electron chi connectivity index (χ2n) is 7.86. The van der Waals surface area contributed by atoms with Gasteiger partial charge in [0.05, 0.1) is 19.3 Å². The second kappa shape index (κ2) is 10.6. The van der Waals surface area contributed by atoms with Gasteiger partial charge >= 0.3 is 6.03 Å². The molecule has 0 bridgehead atoms. The lowest BCUT2D eigenvalue weighted by Gasteiger charge is -2.21. The van der Waals surface area contributed by atoms with E-state index in [2.05, 4.69) is 22.1 Å². The molecule has 1 aliphatic rings. The van der Waals surface area contributed by atoms with Crippen molar-refractivity contribution < 1.29 is 28.6 Å². The Balaban J connectivity index is 1.52. The fraction of sp³-hybridized carbons (Fsp3) is 0.154. The van der Waals surface area contributed by atoms with E-state index in [4.69, 9.17) is 4.74 Å². The van der Waals surface area contributed by atoms with Crippen LogP contribution in [0.3, 0.4) is 0 Å². The number of aromatic nitrogens is 1. The Hall–Kier alpha value is -4.91. The third kappa shape index (κ3) is 5.42. The van der Waals surface area contributed by atoms with Gasteiger partial charge in [0, 0.05) is 35.5 Å². The van der Waals surface area contributed by atoms with Crippen molar-refractivity contribution in [2.45, 2.75) is 12.6 Å². The van der Waals surface area contributed by atoms with Crippen LogP contribution in [0.4, 0.5) is 9.18 Å². The maximum absolute atomic E-state index is 13.2. The summed E-state index contributed by atoms with van der Waals surface area (Å²) in [7, 11) is 1.52. The smallest absolute Gasteiger partial charge is 0.322 e. The summed E-state index contributed by atoms with van der Waals surface area (Å²) < 4.78 is 18.4. The molecule has 0 unspecified atom stereocenters. The largest absolute Gasteiger partial charge is 0.507 e. The van der Waals surface area contributed by atoms with Crippen LogP contribution in [0.5, 0.6) is 11.5 Å². The van der Waals surface area contributed by atoms with Crippen molar-refractivity contribution in [1.82, 2.24) is 20.5 Å². The third-order valence-corrected chi connectivity index (χ3v) is 5.48. The summed E-state index contributed by atoms with van der Waals surface area (Å²) in [5, 5.41) is 14.5. The van der Waals surface area contributed by atoms with Crippen LogP contribution in [0.2, 0.25) is 0 Å². The van der Waals surface area contributed by atoms with Gasteiger partial charge in [-0.25, -0.2) is 9.18 Å². The third-order valence-electron chi connectivity index (χ3n) is 5.48. The number of ether oxygens (including phenoxy) is 1. The molecule has 0 radical (unpaired) electrons. The molecule has 182 valence electrons. The molecule has 4 amide bonds. The van der Waals surface area contributed by atoms with E-state index < -0.39 is 17.9 Å². The van der Waals surface area contributed by atoms with Crippen molar-refractivity contribution >= 4 is 18.3 Å². The van der Waals surface area contributed by atoms with Gasteiger partial charge in [0.25, 0.3) is 5.91 Å². The van der Waals surface area contributed by atoms with E-state index in [1.54, 1.807) is 29.2 Å². The van der Waals surface area contributed by atoms with Crippen molar-refractivity contribution in [3.05, 3.63) is 77.2 Å². The molecule has 1 atom stereocenters. The van der Waals surface area contributed by atoms with Crippen molar-refractivity contribution in [1.29, 1.82) is 0 Å². The SMILES string of the molecule is COc1ccc2c(c1)C(=O)N(C[C@@H](C#Cc1ccc(-c3ccc(F)cc3O)nc1)NC(=O)NC=O)C2. The number of fused-ring (bicyclic) bond motifs is 1. The number of imide groups is 1. The van der Waals surface area contributed by atoms with Crippen LogP contribution in [-0.2, 0) is 11.3 Å². The molecule has 2 heterocycles. The Labute approximate surface area is 205 Å². The summed E-state index contributed by atoms with van der Waals surface area (Å²) in [5.41, 5.74) is 2.64. The van der Waals surface area contributed by atoms with Crippen LogP contribution < -0.4 is 15.4 Å². The molecule has 36 heavy (non-hydrogen) atoms. The van der Waals surface area contributed by atoms with Crippen molar-refractivity contribution in [2.24, 2.45) is 0 Å². The summed E-state index contributed by atoms with van der Waals surface area (Å²) in [4.78, 5) is 41.3. The predicted molar refractivity (Wildman–Crippen MR) is 127 cm³/mol. The number of phenolic OH excluding ortho intramolecular Hbond substituents is 1.